The second kappa shape index (κ2) is 9.80. The van der Waals surface area contributed by atoms with Crippen LogP contribution in [0.5, 0.6) is 0 Å². The number of hydrogen-bond acceptors (Lipinski definition) is 4. The van der Waals surface area contributed by atoms with Crippen LogP contribution >= 0.6 is 11.6 Å². The highest BCUT2D eigenvalue weighted by molar-refractivity contribution is 6.30. The Balaban J connectivity index is 2.10. The number of halogens is 1. The minimum atomic E-state index is -0.849. The van der Waals surface area contributed by atoms with Gasteiger partial charge in [-0.25, -0.2) is 4.79 Å². The molecule has 152 valence electrons. The van der Waals surface area contributed by atoms with Gasteiger partial charge in [-0.05, 0) is 62.6 Å². The van der Waals surface area contributed by atoms with E-state index in [2.05, 4.69) is 5.32 Å². The average Bonchev–Trinajstić information content (AvgIpc) is 2.64. The molecule has 0 unspecified atom stereocenters. The first-order chi connectivity index (χ1) is 13.2. The van der Waals surface area contributed by atoms with Crippen molar-refractivity contribution in [2.75, 3.05) is 25.5 Å². The van der Waals surface area contributed by atoms with Crippen LogP contribution in [-0.2, 0) is 11.2 Å². The van der Waals surface area contributed by atoms with Crippen LogP contribution in [0.2, 0.25) is 5.02 Å². The first kappa shape index (κ1) is 22.1. The van der Waals surface area contributed by atoms with E-state index in [0.717, 1.165) is 11.3 Å². The number of carbonyl (C=O) groups is 1. The number of aliphatic hydroxyl groups excluding tert-OH is 1. The second-order valence-corrected chi connectivity index (χ2v) is 8.13. The number of benzene rings is 2. The molecule has 0 saturated carbocycles. The number of rotatable bonds is 7. The Bertz CT molecular complexity index is 772. The van der Waals surface area contributed by atoms with E-state index >= 15 is 0 Å². The summed E-state index contributed by atoms with van der Waals surface area (Å²) in [5.41, 5.74) is 2.19. The van der Waals surface area contributed by atoms with E-state index in [9.17, 15) is 9.90 Å². The summed E-state index contributed by atoms with van der Waals surface area (Å²) in [4.78, 5) is 14.2. The van der Waals surface area contributed by atoms with E-state index in [0.29, 0.717) is 23.6 Å². The second-order valence-electron chi connectivity index (χ2n) is 7.69. The Morgan fingerprint density at radius 2 is 1.89 bits per heavy atom. The number of hydrogen-bond donors (Lipinski definition) is 2. The number of nitrogens with zero attached hydrogens (tertiary/aromatic N) is 1. The van der Waals surface area contributed by atoms with Crippen molar-refractivity contribution < 1.29 is 14.6 Å². The van der Waals surface area contributed by atoms with Crippen molar-refractivity contribution in [3.05, 3.63) is 64.7 Å². The normalized spacial score (nSPS) is 12.4. The molecule has 0 fully saturated rings. The van der Waals surface area contributed by atoms with E-state index in [4.69, 9.17) is 16.3 Å². The van der Waals surface area contributed by atoms with Crippen LogP contribution in [0.1, 0.15) is 38.0 Å². The summed E-state index contributed by atoms with van der Waals surface area (Å²) >= 11 is 6.02. The zero-order valence-corrected chi connectivity index (χ0v) is 17.7. The van der Waals surface area contributed by atoms with Crippen LogP contribution in [0.15, 0.2) is 48.5 Å². The predicted octanol–water partition coefficient (Wildman–Crippen LogP) is 4.89. The fraction of sp³-hybridized carbons (Fsp3) is 0.409. The minimum Gasteiger partial charge on any atom is -0.444 e. The fourth-order valence-electron chi connectivity index (χ4n) is 2.71. The monoisotopic (exact) mass is 404 g/mol. The van der Waals surface area contributed by atoms with Crippen LogP contribution in [0, 0.1) is 0 Å². The van der Waals surface area contributed by atoms with Gasteiger partial charge >= 0.3 is 6.09 Å². The molecular weight excluding hydrogens is 376 g/mol. The maximum absolute atomic E-state index is 12.7. The van der Waals surface area contributed by atoms with Crippen molar-refractivity contribution in [2.45, 2.75) is 38.9 Å². The van der Waals surface area contributed by atoms with Gasteiger partial charge in [0.2, 0.25) is 0 Å². The Morgan fingerprint density at radius 3 is 2.46 bits per heavy atom. The molecule has 0 radical (unpaired) electrons. The molecule has 0 aliphatic heterocycles. The zero-order valence-electron chi connectivity index (χ0n) is 16.9. The van der Waals surface area contributed by atoms with Crippen molar-refractivity contribution in [1.29, 1.82) is 0 Å². The third-order valence-corrected chi connectivity index (χ3v) is 4.43. The van der Waals surface area contributed by atoms with Crippen molar-refractivity contribution in [3.8, 4) is 0 Å². The molecule has 0 aliphatic rings. The molecule has 28 heavy (non-hydrogen) atoms. The van der Waals surface area contributed by atoms with Gasteiger partial charge in [0.05, 0.1) is 12.6 Å². The first-order valence-corrected chi connectivity index (χ1v) is 9.74. The van der Waals surface area contributed by atoms with Crippen molar-refractivity contribution >= 4 is 23.4 Å². The molecule has 0 bridgehead atoms. The van der Waals surface area contributed by atoms with Gasteiger partial charge in [-0.15, -0.1) is 0 Å². The fourth-order valence-corrected chi connectivity index (χ4v) is 2.91. The first-order valence-electron chi connectivity index (χ1n) is 9.36. The highest BCUT2D eigenvalue weighted by atomic mass is 35.5. The van der Waals surface area contributed by atoms with Gasteiger partial charge in [0, 0.05) is 24.3 Å². The Kier molecular flexibility index (Phi) is 7.72. The van der Waals surface area contributed by atoms with Crippen LogP contribution in [0.3, 0.4) is 0 Å². The van der Waals surface area contributed by atoms with Crippen molar-refractivity contribution in [2.24, 2.45) is 0 Å². The van der Waals surface area contributed by atoms with E-state index in [1.165, 1.54) is 0 Å². The zero-order chi connectivity index (χ0) is 20.7. The summed E-state index contributed by atoms with van der Waals surface area (Å²) in [6.45, 7) is 6.04. The van der Waals surface area contributed by atoms with Gasteiger partial charge in [0.15, 0.2) is 0 Å². The van der Waals surface area contributed by atoms with Gasteiger partial charge in [-0.3, -0.25) is 0 Å². The SMILES string of the molecule is CNc1ccc(CCN(C[C@H](O)c2cccc(Cl)c2)C(=O)OC(C)(C)C)cc1. The molecule has 0 aliphatic carbocycles. The van der Waals surface area contributed by atoms with E-state index in [1.807, 2.05) is 52.1 Å². The molecule has 2 aromatic rings. The summed E-state index contributed by atoms with van der Waals surface area (Å²) in [5, 5.41) is 14.2. The Labute approximate surface area is 172 Å². The molecule has 6 heteroatoms. The Morgan fingerprint density at radius 1 is 1.21 bits per heavy atom. The van der Waals surface area contributed by atoms with E-state index < -0.39 is 17.8 Å². The smallest absolute Gasteiger partial charge is 0.410 e. The number of anilines is 1. The van der Waals surface area contributed by atoms with E-state index in [1.54, 1.807) is 29.2 Å². The standard InChI is InChI=1S/C22H29ClN2O3/c1-22(2,3)28-21(27)25(13-12-16-8-10-19(24-4)11-9-16)15-20(26)17-6-5-7-18(23)14-17/h5-11,14,20,24,26H,12-13,15H2,1-4H3/t20-/m0/s1. The lowest BCUT2D eigenvalue weighted by Crippen LogP contribution is -2.40. The number of ether oxygens (including phenoxy) is 1. The molecule has 0 aromatic heterocycles. The maximum atomic E-state index is 12.7. The summed E-state index contributed by atoms with van der Waals surface area (Å²) in [6.07, 6.45) is -0.635. The summed E-state index contributed by atoms with van der Waals surface area (Å²) in [6, 6.07) is 15.1. The molecule has 2 rings (SSSR count). The lowest BCUT2D eigenvalue weighted by molar-refractivity contribution is 0.0147. The molecule has 2 aromatic carbocycles. The molecule has 0 spiro atoms. The van der Waals surface area contributed by atoms with Gasteiger partial charge in [-0.1, -0.05) is 35.9 Å². The topological polar surface area (TPSA) is 61.8 Å². The van der Waals surface area contributed by atoms with Crippen molar-refractivity contribution in [1.82, 2.24) is 4.90 Å². The van der Waals surface area contributed by atoms with Crippen LogP contribution in [0.4, 0.5) is 10.5 Å². The highest BCUT2D eigenvalue weighted by Crippen LogP contribution is 2.20. The number of amides is 1. The molecular formula is C22H29ClN2O3. The maximum Gasteiger partial charge on any atom is 0.410 e. The average molecular weight is 405 g/mol. The van der Waals surface area contributed by atoms with Gasteiger partial charge in [0.1, 0.15) is 5.60 Å². The lowest BCUT2D eigenvalue weighted by atomic mass is 10.1. The minimum absolute atomic E-state index is 0.129. The van der Waals surface area contributed by atoms with Crippen LogP contribution < -0.4 is 5.32 Å². The summed E-state index contributed by atoms with van der Waals surface area (Å²) in [5.74, 6) is 0. The molecule has 1 amide bonds. The highest BCUT2D eigenvalue weighted by Gasteiger charge is 2.24. The number of nitrogens with one attached hydrogen (secondary N) is 1. The lowest BCUT2D eigenvalue weighted by Gasteiger charge is -2.29. The van der Waals surface area contributed by atoms with Crippen molar-refractivity contribution in [3.63, 3.8) is 0 Å². The van der Waals surface area contributed by atoms with Gasteiger partial charge in [0.25, 0.3) is 0 Å². The predicted molar refractivity (Wildman–Crippen MR) is 114 cm³/mol. The molecule has 0 heterocycles. The molecule has 5 nitrogen and oxygen atoms in total. The van der Waals surface area contributed by atoms with Crippen LogP contribution in [0.25, 0.3) is 0 Å². The third kappa shape index (κ3) is 7.06. The summed E-state index contributed by atoms with van der Waals surface area (Å²) in [7, 11) is 1.87. The quantitative estimate of drug-likeness (QED) is 0.689. The largest absolute Gasteiger partial charge is 0.444 e. The van der Waals surface area contributed by atoms with Gasteiger partial charge in [-0.2, -0.15) is 0 Å². The third-order valence-electron chi connectivity index (χ3n) is 4.19. The van der Waals surface area contributed by atoms with E-state index in [-0.39, 0.29) is 6.54 Å². The van der Waals surface area contributed by atoms with Gasteiger partial charge < -0.3 is 20.1 Å². The Hall–Kier alpha value is -2.24. The summed E-state index contributed by atoms with van der Waals surface area (Å²) < 4.78 is 5.53. The number of aliphatic hydroxyl groups is 1. The molecule has 0 saturated heterocycles. The molecule has 1 atom stereocenters. The number of carbonyl (C=O) groups excluding carboxylic acids is 1. The van der Waals surface area contributed by atoms with Crippen LogP contribution in [-0.4, -0.2) is 41.8 Å². The molecule has 2 N–H and O–H groups in total.